The van der Waals surface area contributed by atoms with Crippen LogP contribution in [0.2, 0.25) is 0 Å². The molecule has 0 aromatic heterocycles. The number of rotatable bonds is 2. The number of fused-ring (bicyclic) bond motifs is 1. The Morgan fingerprint density at radius 3 is 2.76 bits per heavy atom. The van der Waals surface area contributed by atoms with Crippen LogP contribution in [-0.4, -0.2) is 48.3 Å². The first-order chi connectivity index (χ1) is 10.1. The molecule has 2 aliphatic rings. The maximum absolute atomic E-state index is 12.5. The number of likely N-dealkylation sites (N-methyl/N-ethyl adjacent to an activating group) is 2. The first-order valence-electron chi connectivity index (χ1n) is 7.41. The number of carbonyl (C=O) groups excluding carboxylic acids is 2. The summed E-state index contributed by atoms with van der Waals surface area (Å²) in [6.07, 6.45) is 1.89. The summed E-state index contributed by atoms with van der Waals surface area (Å²) in [5.74, 6) is -0.0823. The van der Waals surface area contributed by atoms with Gasteiger partial charge >= 0.3 is 0 Å². The summed E-state index contributed by atoms with van der Waals surface area (Å²) in [6, 6.07) is 7.16. The van der Waals surface area contributed by atoms with Gasteiger partial charge in [0.05, 0.1) is 6.04 Å². The van der Waals surface area contributed by atoms with Crippen molar-refractivity contribution in [3.05, 3.63) is 35.4 Å². The Morgan fingerprint density at radius 1 is 1.29 bits per heavy atom. The SMILES string of the molecule is CN1Cc2ccccc2C(NC(=O)[C@H]2CCCN2C)C1=O. The Bertz CT molecular complexity index is 572. The number of hydrogen-bond acceptors (Lipinski definition) is 3. The van der Waals surface area contributed by atoms with E-state index < -0.39 is 6.04 Å². The summed E-state index contributed by atoms with van der Waals surface area (Å²) >= 11 is 0. The summed E-state index contributed by atoms with van der Waals surface area (Å²) in [5, 5.41) is 2.96. The van der Waals surface area contributed by atoms with Gasteiger partial charge in [-0.05, 0) is 37.6 Å². The molecule has 21 heavy (non-hydrogen) atoms. The lowest BCUT2D eigenvalue weighted by molar-refractivity contribution is -0.138. The van der Waals surface area contributed by atoms with E-state index in [4.69, 9.17) is 0 Å². The minimum atomic E-state index is -0.554. The molecule has 0 saturated carbocycles. The van der Waals surface area contributed by atoms with E-state index in [9.17, 15) is 9.59 Å². The molecule has 2 atom stereocenters. The molecule has 1 saturated heterocycles. The third-order valence-electron chi connectivity index (χ3n) is 4.51. The molecule has 112 valence electrons. The Hall–Kier alpha value is -1.88. The van der Waals surface area contributed by atoms with Crippen molar-refractivity contribution in [1.82, 2.24) is 15.1 Å². The Labute approximate surface area is 124 Å². The fraction of sp³-hybridized carbons (Fsp3) is 0.500. The maximum atomic E-state index is 12.5. The molecular weight excluding hydrogens is 266 g/mol. The predicted molar refractivity (Wildman–Crippen MR) is 79.5 cm³/mol. The van der Waals surface area contributed by atoms with Crippen LogP contribution < -0.4 is 5.32 Å². The smallest absolute Gasteiger partial charge is 0.249 e. The molecule has 2 aliphatic heterocycles. The van der Waals surface area contributed by atoms with Gasteiger partial charge in [0.1, 0.15) is 6.04 Å². The molecule has 1 unspecified atom stereocenters. The lowest BCUT2D eigenvalue weighted by Crippen LogP contribution is -2.49. The molecule has 0 aliphatic carbocycles. The fourth-order valence-corrected chi connectivity index (χ4v) is 3.27. The highest BCUT2D eigenvalue weighted by Crippen LogP contribution is 2.27. The van der Waals surface area contributed by atoms with Crippen LogP contribution in [0.4, 0.5) is 0 Å². The molecule has 2 heterocycles. The zero-order valence-electron chi connectivity index (χ0n) is 12.5. The van der Waals surface area contributed by atoms with Crippen LogP contribution in [0.5, 0.6) is 0 Å². The normalized spacial score (nSPS) is 25.8. The average molecular weight is 287 g/mol. The van der Waals surface area contributed by atoms with Gasteiger partial charge in [0.15, 0.2) is 0 Å². The van der Waals surface area contributed by atoms with Gasteiger partial charge in [-0.2, -0.15) is 0 Å². The Balaban J connectivity index is 1.83. The number of carbonyl (C=O) groups is 2. The summed E-state index contributed by atoms with van der Waals surface area (Å²) in [6.45, 7) is 1.54. The number of benzene rings is 1. The molecule has 5 nitrogen and oxygen atoms in total. The van der Waals surface area contributed by atoms with Gasteiger partial charge in [-0.25, -0.2) is 0 Å². The van der Waals surface area contributed by atoms with Crippen molar-refractivity contribution in [2.75, 3.05) is 20.6 Å². The van der Waals surface area contributed by atoms with E-state index in [2.05, 4.69) is 10.2 Å². The van der Waals surface area contributed by atoms with E-state index in [1.54, 1.807) is 11.9 Å². The van der Waals surface area contributed by atoms with E-state index in [-0.39, 0.29) is 17.9 Å². The predicted octanol–water partition coefficient (Wildman–Crippen LogP) is 0.910. The molecule has 1 aromatic carbocycles. The zero-order chi connectivity index (χ0) is 15.0. The van der Waals surface area contributed by atoms with E-state index in [1.807, 2.05) is 31.3 Å². The van der Waals surface area contributed by atoms with Gasteiger partial charge in [0, 0.05) is 13.6 Å². The van der Waals surface area contributed by atoms with Crippen LogP contribution in [0.3, 0.4) is 0 Å². The third-order valence-corrected chi connectivity index (χ3v) is 4.51. The van der Waals surface area contributed by atoms with Gasteiger partial charge in [-0.3, -0.25) is 14.5 Å². The van der Waals surface area contributed by atoms with Crippen molar-refractivity contribution in [2.45, 2.75) is 31.5 Å². The second-order valence-electron chi connectivity index (χ2n) is 5.97. The van der Waals surface area contributed by atoms with Crippen LogP contribution in [0, 0.1) is 0 Å². The van der Waals surface area contributed by atoms with E-state index in [0.29, 0.717) is 6.54 Å². The molecule has 1 aromatic rings. The molecule has 0 spiro atoms. The minimum Gasteiger partial charge on any atom is -0.339 e. The second kappa shape index (κ2) is 5.48. The monoisotopic (exact) mass is 287 g/mol. The van der Waals surface area contributed by atoms with Crippen molar-refractivity contribution in [1.29, 1.82) is 0 Å². The van der Waals surface area contributed by atoms with Crippen LogP contribution >= 0.6 is 0 Å². The maximum Gasteiger partial charge on any atom is 0.249 e. The molecule has 0 radical (unpaired) electrons. The van der Waals surface area contributed by atoms with Crippen LogP contribution in [0.15, 0.2) is 24.3 Å². The Morgan fingerprint density at radius 2 is 2.05 bits per heavy atom. The van der Waals surface area contributed by atoms with Gasteiger partial charge in [-0.15, -0.1) is 0 Å². The van der Waals surface area contributed by atoms with Crippen LogP contribution in [0.1, 0.15) is 30.0 Å². The largest absolute Gasteiger partial charge is 0.339 e. The van der Waals surface area contributed by atoms with E-state index in [0.717, 1.165) is 30.5 Å². The first kappa shape index (κ1) is 14.1. The number of hydrogen-bond donors (Lipinski definition) is 1. The van der Waals surface area contributed by atoms with Crippen LogP contribution in [-0.2, 0) is 16.1 Å². The number of amides is 2. The van der Waals surface area contributed by atoms with Crippen molar-refractivity contribution < 1.29 is 9.59 Å². The van der Waals surface area contributed by atoms with Crippen molar-refractivity contribution >= 4 is 11.8 Å². The molecular formula is C16H21N3O2. The summed E-state index contributed by atoms with van der Waals surface area (Å²) in [4.78, 5) is 28.6. The molecule has 5 heteroatoms. The third kappa shape index (κ3) is 2.53. The standard InChI is InChI=1S/C16H21N3O2/c1-18-9-5-8-13(18)15(20)17-14-12-7-4-3-6-11(12)10-19(2)16(14)21/h3-4,6-7,13-14H,5,8-10H2,1-2H3,(H,17,20)/t13-,14?/m1/s1. The summed E-state index contributed by atoms with van der Waals surface area (Å²) in [5.41, 5.74) is 2.03. The molecule has 1 N–H and O–H groups in total. The van der Waals surface area contributed by atoms with Crippen molar-refractivity contribution in [3.63, 3.8) is 0 Å². The minimum absolute atomic E-state index is 0.0392. The summed E-state index contributed by atoms with van der Waals surface area (Å²) < 4.78 is 0. The second-order valence-corrected chi connectivity index (χ2v) is 5.97. The van der Waals surface area contributed by atoms with E-state index in [1.165, 1.54) is 0 Å². The first-order valence-corrected chi connectivity index (χ1v) is 7.41. The fourth-order valence-electron chi connectivity index (χ4n) is 3.27. The lowest BCUT2D eigenvalue weighted by Gasteiger charge is -2.33. The van der Waals surface area contributed by atoms with Crippen molar-refractivity contribution in [3.8, 4) is 0 Å². The van der Waals surface area contributed by atoms with Gasteiger partial charge in [0.2, 0.25) is 11.8 Å². The topological polar surface area (TPSA) is 52.7 Å². The Kier molecular flexibility index (Phi) is 3.68. The molecule has 2 amide bonds. The quantitative estimate of drug-likeness (QED) is 0.879. The van der Waals surface area contributed by atoms with Crippen molar-refractivity contribution in [2.24, 2.45) is 0 Å². The zero-order valence-corrected chi connectivity index (χ0v) is 12.5. The van der Waals surface area contributed by atoms with Crippen LogP contribution in [0.25, 0.3) is 0 Å². The molecule has 1 fully saturated rings. The van der Waals surface area contributed by atoms with Gasteiger partial charge < -0.3 is 10.2 Å². The number of nitrogens with one attached hydrogen (secondary N) is 1. The molecule has 0 bridgehead atoms. The average Bonchev–Trinajstić information content (AvgIpc) is 2.90. The number of likely N-dealkylation sites (tertiary alicyclic amines) is 1. The highest BCUT2D eigenvalue weighted by Gasteiger charge is 2.35. The van der Waals surface area contributed by atoms with Gasteiger partial charge in [-0.1, -0.05) is 24.3 Å². The molecule has 3 rings (SSSR count). The van der Waals surface area contributed by atoms with Gasteiger partial charge in [0.25, 0.3) is 0 Å². The van der Waals surface area contributed by atoms with E-state index >= 15 is 0 Å². The highest BCUT2D eigenvalue weighted by molar-refractivity contribution is 5.91. The lowest BCUT2D eigenvalue weighted by atomic mass is 9.94. The number of nitrogens with zero attached hydrogens (tertiary/aromatic N) is 2. The summed E-state index contributed by atoms with van der Waals surface area (Å²) in [7, 11) is 3.74. The highest BCUT2D eigenvalue weighted by atomic mass is 16.2.